The minimum Gasteiger partial charge on any atom is -0.459 e. The smallest absolute Gasteiger partial charge is 0.411 e. The lowest BCUT2D eigenvalue weighted by Crippen LogP contribution is -2.62. The molecular weight excluding hydrogens is 384 g/mol. The van der Waals surface area contributed by atoms with Crippen molar-refractivity contribution in [2.45, 2.75) is 70.7 Å². The Balaban J connectivity index is 2.37. The zero-order valence-electron chi connectivity index (χ0n) is 18.1. The molecule has 0 spiro atoms. The van der Waals surface area contributed by atoms with Gasteiger partial charge in [-0.3, -0.25) is 4.90 Å². The van der Waals surface area contributed by atoms with E-state index < -0.39 is 29.2 Å². The summed E-state index contributed by atoms with van der Waals surface area (Å²) in [7, 11) is 0. The topological polar surface area (TPSA) is 105 Å². The van der Waals surface area contributed by atoms with E-state index in [1.54, 1.807) is 20.8 Å². The molecule has 0 N–H and O–H groups in total. The van der Waals surface area contributed by atoms with Crippen molar-refractivity contribution in [1.29, 1.82) is 0 Å². The molecule has 2 atom stereocenters. The van der Waals surface area contributed by atoms with Crippen LogP contribution in [-0.4, -0.2) is 40.7 Å². The lowest BCUT2D eigenvalue weighted by Gasteiger charge is -2.46. The highest BCUT2D eigenvalue weighted by molar-refractivity contribution is 5.86. The van der Waals surface area contributed by atoms with E-state index in [2.05, 4.69) is 10.0 Å². The number of ether oxygens (including phenoxy) is 2. The van der Waals surface area contributed by atoms with Crippen molar-refractivity contribution in [1.82, 2.24) is 4.90 Å². The molecule has 0 aliphatic carbocycles. The Morgan fingerprint density at radius 2 is 2.03 bits per heavy atom. The van der Waals surface area contributed by atoms with Crippen LogP contribution in [0.2, 0.25) is 0 Å². The third-order valence-electron chi connectivity index (χ3n) is 4.89. The van der Waals surface area contributed by atoms with Gasteiger partial charge in [0.25, 0.3) is 0 Å². The Morgan fingerprint density at radius 1 is 1.33 bits per heavy atom. The lowest BCUT2D eigenvalue weighted by atomic mass is 9.81. The third-order valence-corrected chi connectivity index (χ3v) is 4.89. The highest BCUT2D eigenvalue weighted by atomic mass is 16.6. The molecule has 1 heterocycles. The number of azide groups is 1. The summed E-state index contributed by atoms with van der Waals surface area (Å²) in [6.07, 6.45) is 3.92. The van der Waals surface area contributed by atoms with Crippen LogP contribution in [0.3, 0.4) is 0 Å². The molecule has 1 aliphatic heterocycles. The fraction of sp³-hybridized carbons (Fsp3) is 0.545. The van der Waals surface area contributed by atoms with Gasteiger partial charge in [-0.05, 0) is 58.1 Å². The normalized spacial score (nSPS) is 21.7. The van der Waals surface area contributed by atoms with E-state index in [0.717, 1.165) is 5.56 Å². The Labute approximate surface area is 177 Å². The highest BCUT2D eigenvalue weighted by Crippen LogP contribution is 2.36. The van der Waals surface area contributed by atoms with E-state index in [-0.39, 0.29) is 26.0 Å². The van der Waals surface area contributed by atoms with Gasteiger partial charge in [0, 0.05) is 17.5 Å². The Morgan fingerprint density at radius 3 is 2.63 bits per heavy atom. The number of carbonyl (C=O) groups excluding carboxylic acids is 2. The summed E-state index contributed by atoms with van der Waals surface area (Å²) in [5, 5.41) is 3.83. The predicted molar refractivity (Wildman–Crippen MR) is 114 cm³/mol. The van der Waals surface area contributed by atoms with E-state index in [4.69, 9.17) is 15.0 Å². The molecule has 1 aromatic rings. The van der Waals surface area contributed by atoms with Crippen molar-refractivity contribution in [3.05, 3.63) is 58.5 Å². The molecule has 0 aromatic heterocycles. The molecule has 1 aliphatic rings. The quantitative estimate of drug-likeness (QED) is 0.211. The molecule has 0 bridgehead atoms. The van der Waals surface area contributed by atoms with Crippen molar-refractivity contribution in [2.24, 2.45) is 5.11 Å². The Bertz CT molecular complexity index is 812. The first-order valence-electron chi connectivity index (χ1n) is 10.1. The van der Waals surface area contributed by atoms with Crippen molar-refractivity contribution >= 4 is 12.1 Å². The third kappa shape index (κ3) is 6.00. The van der Waals surface area contributed by atoms with Gasteiger partial charge in [-0.15, -0.1) is 0 Å². The first-order chi connectivity index (χ1) is 14.2. The van der Waals surface area contributed by atoms with E-state index in [1.807, 2.05) is 49.4 Å². The zero-order chi connectivity index (χ0) is 22.2. The summed E-state index contributed by atoms with van der Waals surface area (Å²) < 4.78 is 11.2. The molecule has 1 aromatic carbocycles. The Hall–Kier alpha value is -2.99. The van der Waals surface area contributed by atoms with Crippen LogP contribution in [0.5, 0.6) is 0 Å². The van der Waals surface area contributed by atoms with Gasteiger partial charge in [0.2, 0.25) is 0 Å². The maximum absolute atomic E-state index is 13.4. The van der Waals surface area contributed by atoms with Crippen molar-refractivity contribution in [3.63, 3.8) is 0 Å². The minimum absolute atomic E-state index is 0.0889. The molecule has 1 saturated heterocycles. The maximum atomic E-state index is 13.4. The first kappa shape index (κ1) is 23.3. The molecule has 2 unspecified atom stereocenters. The van der Waals surface area contributed by atoms with Gasteiger partial charge < -0.3 is 9.47 Å². The lowest BCUT2D eigenvalue weighted by molar-refractivity contribution is -0.162. The molecule has 0 saturated carbocycles. The number of benzene rings is 1. The molecule has 0 radical (unpaired) electrons. The number of nitrogens with zero attached hydrogens (tertiary/aromatic N) is 4. The van der Waals surface area contributed by atoms with Gasteiger partial charge in [0.05, 0.1) is 0 Å². The molecule has 162 valence electrons. The van der Waals surface area contributed by atoms with Crippen LogP contribution in [0.4, 0.5) is 4.79 Å². The van der Waals surface area contributed by atoms with Crippen LogP contribution in [0, 0.1) is 0 Å². The minimum atomic E-state index is -1.30. The second kappa shape index (κ2) is 10.2. The monoisotopic (exact) mass is 414 g/mol. The van der Waals surface area contributed by atoms with Gasteiger partial charge >= 0.3 is 12.1 Å². The summed E-state index contributed by atoms with van der Waals surface area (Å²) in [6, 6.07) is 8.92. The number of esters is 1. The standard InChI is InChI=1S/C22H30N4O4/c1-5-6-13-22(19(27)29-16-17-10-8-7-9-11-17)15-18(24-25-23)12-14-26(22)20(28)30-21(2,3)4/h5-11,18H,12-16H2,1-4H3. The summed E-state index contributed by atoms with van der Waals surface area (Å²) in [4.78, 5) is 30.7. The molecule has 2 rings (SSSR count). The summed E-state index contributed by atoms with van der Waals surface area (Å²) >= 11 is 0. The largest absolute Gasteiger partial charge is 0.459 e. The number of amides is 1. The summed E-state index contributed by atoms with van der Waals surface area (Å²) in [5.41, 5.74) is 7.74. The van der Waals surface area contributed by atoms with E-state index in [0.29, 0.717) is 6.42 Å². The van der Waals surface area contributed by atoms with Crippen LogP contribution in [0.15, 0.2) is 47.6 Å². The van der Waals surface area contributed by atoms with Crippen LogP contribution in [0.1, 0.15) is 52.5 Å². The number of piperidine rings is 1. The summed E-state index contributed by atoms with van der Waals surface area (Å²) in [6.45, 7) is 7.49. The number of likely N-dealkylation sites (tertiary alicyclic amines) is 1. The SMILES string of the molecule is CC=CCC1(C(=O)OCc2ccccc2)CC(N=[N+]=[N-])CCN1C(=O)OC(C)(C)C. The predicted octanol–water partition coefficient (Wildman–Crippen LogP) is 5.14. The van der Waals surface area contributed by atoms with Crippen LogP contribution < -0.4 is 0 Å². The first-order valence-corrected chi connectivity index (χ1v) is 10.1. The molecule has 1 amide bonds. The molecular formula is C22H30N4O4. The zero-order valence-corrected chi connectivity index (χ0v) is 18.1. The number of rotatable bonds is 6. The van der Waals surface area contributed by atoms with Crippen LogP contribution in [0.25, 0.3) is 10.4 Å². The maximum Gasteiger partial charge on any atom is 0.411 e. The summed E-state index contributed by atoms with van der Waals surface area (Å²) in [5.74, 6) is -0.534. The van der Waals surface area contributed by atoms with Crippen molar-refractivity contribution in [3.8, 4) is 0 Å². The highest BCUT2D eigenvalue weighted by Gasteiger charge is 2.52. The van der Waals surface area contributed by atoms with Gasteiger partial charge in [-0.25, -0.2) is 9.59 Å². The van der Waals surface area contributed by atoms with Crippen molar-refractivity contribution in [2.75, 3.05) is 6.54 Å². The van der Waals surface area contributed by atoms with Crippen LogP contribution >= 0.6 is 0 Å². The second-order valence-corrected chi connectivity index (χ2v) is 8.35. The second-order valence-electron chi connectivity index (χ2n) is 8.35. The van der Waals surface area contributed by atoms with Gasteiger partial charge in [-0.1, -0.05) is 47.6 Å². The van der Waals surface area contributed by atoms with Gasteiger partial charge in [-0.2, -0.15) is 0 Å². The number of allylic oxidation sites excluding steroid dienone is 1. The average Bonchev–Trinajstić information content (AvgIpc) is 2.70. The van der Waals surface area contributed by atoms with Crippen LogP contribution in [-0.2, 0) is 20.9 Å². The van der Waals surface area contributed by atoms with Crippen molar-refractivity contribution < 1.29 is 19.1 Å². The number of hydrogen-bond acceptors (Lipinski definition) is 5. The van der Waals surface area contributed by atoms with E-state index >= 15 is 0 Å². The van der Waals surface area contributed by atoms with E-state index in [9.17, 15) is 9.59 Å². The number of carbonyl (C=O) groups is 2. The fourth-order valence-electron chi connectivity index (χ4n) is 3.49. The van der Waals surface area contributed by atoms with Gasteiger partial charge in [0.15, 0.2) is 0 Å². The molecule has 30 heavy (non-hydrogen) atoms. The molecule has 8 nitrogen and oxygen atoms in total. The average molecular weight is 415 g/mol. The molecule has 8 heteroatoms. The fourth-order valence-corrected chi connectivity index (χ4v) is 3.49. The van der Waals surface area contributed by atoms with Gasteiger partial charge in [0.1, 0.15) is 17.7 Å². The Kier molecular flexibility index (Phi) is 7.89. The molecule has 1 fully saturated rings. The van der Waals surface area contributed by atoms with E-state index in [1.165, 1.54) is 4.90 Å². The number of hydrogen-bond donors (Lipinski definition) is 0.